The Balaban J connectivity index is 1.93. The zero-order chi connectivity index (χ0) is 12.9. The van der Waals surface area contributed by atoms with Gasteiger partial charge in [0.2, 0.25) is 0 Å². The number of rotatable bonds is 3. The molecule has 1 nitrogen and oxygen atoms in total. The fourth-order valence-electron chi connectivity index (χ4n) is 3.48. The zero-order valence-electron chi connectivity index (χ0n) is 10.2. The van der Waals surface area contributed by atoms with Crippen molar-refractivity contribution in [3.63, 3.8) is 0 Å². The van der Waals surface area contributed by atoms with Crippen molar-refractivity contribution in [3.05, 3.63) is 33.8 Å². The van der Waals surface area contributed by atoms with Crippen LogP contribution in [0.3, 0.4) is 0 Å². The predicted molar refractivity (Wildman–Crippen MR) is 70.2 cm³/mol. The molecule has 2 saturated carbocycles. The average molecular weight is 316 g/mol. The summed E-state index contributed by atoms with van der Waals surface area (Å²) in [5.74, 6) is 1.07. The Bertz CT molecular complexity index is 467. The summed E-state index contributed by atoms with van der Waals surface area (Å²) in [6.45, 7) is 0. The quantitative estimate of drug-likeness (QED) is 0.830. The Morgan fingerprint density at radius 2 is 1.89 bits per heavy atom. The SMILES string of the molecule is CNC(c1c(F)ccc(Br)c1F)C1CC2CC2C1. The van der Waals surface area contributed by atoms with Crippen LogP contribution in [0.15, 0.2) is 16.6 Å². The summed E-state index contributed by atoms with van der Waals surface area (Å²) in [6.07, 6.45) is 3.51. The minimum absolute atomic E-state index is 0.193. The number of benzene rings is 1. The molecule has 0 aliphatic heterocycles. The van der Waals surface area contributed by atoms with Gasteiger partial charge in [0, 0.05) is 11.6 Å². The third-order valence-corrected chi connectivity index (χ3v) is 5.07. The summed E-state index contributed by atoms with van der Waals surface area (Å²) in [7, 11) is 1.79. The second kappa shape index (κ2) is 4.57. The lowest BCUT2D eigenvalue weighted by Gasteiger charge is -2.26. The molecular weight excluding hydrogens is 300 g/mol. The molecule has 0 saturated heterocycles. The Kier molecular flexibility index (Phi) is 3.18. The minimum atomic E-state index is -0.463. The second-order valence-corrected chi connectivity index (χ2v) is 6.36. The van der Waals surface area contributed by atoms with Crippen LogP contribution in [-0.4, -0.2) is 7.05 Å². The van der Waals surface area contributed by atoms with E-state index in [0.29, 0.717) is 10.4 Å². The van der Waals surface area contributed by atoms with Crippen LogP contribution in [0, 0.1) is 29.4 Å². The van der Waals surface area contributed by atoms with Gasteiger partial charge in [-0.3, -0.25) is 0 Å². The van der Waals surface area contributed by atoms with E-state index in [4.69, 9.17) is 0 Å². The lowest BCUT2D eigenvalue weighted by atomic mass is 9.88. The highest BCUT2D eigenvalue weighted by atomic mass is 79.9. The molecule has 1 aromatic carbocycles. The third kappa shape index (κ3) is 1.99. The van der Waals surface area contributed by atoms with Crippen molar-refractivity contribution in [2.45, 2.75) is 25.3 Å². The molecule has 18 heavy (non-hydrogen) atoms. The van der Waals surface area contributed by atoms with Gasteiger partial charge in [-0.1, -0.05) is 0 Å². The van der Waals surface area contributed by atoms with Crippen LogP contribution >= 0.6 is 15.9 Å². The molecule has 1 N–H and O–H groups in total. The molecule has 0 radical (unpaired) electrons. The highest BCUT2D eigenvalue weighted by Crippen LogP contribution is 2.57. The highest BCUT2D eigenvalue weighted by Gasteiger charge is 2.48. The van der Waals surface area contributed by atoms with Gasteiger partial charge in [-0.05, 0) is 72.1 Å². The van der Waals surface area contributed by atoms with Gasteiger partial charge in [-0.2, -0.15) is 0 Å². The molecule has 0 aromatic heterocycles. The molecule has 3 rings (SSSR count). The Labute approximate surface area is 114 Å². The Hall–Kier alpha value is -0.480. The minimum Gasteiger partial charge on any atom is -0.313 e. The van der Waals surface area contributed by atoms with Crippen LogP contribution in [0.1, 0.15) is 30.9 Å². The molecule has 98 valence electrons. The molecule has 3 atom stereocenters. The van der Waals surface area contributed by atoms with E-state index >= 15 is 0 Å². The summed E-state index contributed by atoms with van der Waals surface area (Å²) < 4.78 is 28.4. The van der Waals surface area contributed by atoms with Gasteiger partial charge < -0.3 is 5.32 Å². The molecule has 4 heteroatoms. The van der Waals surface area contributed by atoms with E-state index in [0.717, 1.165) is 24.7 Å². The largest absolute Gasteiger partial charge is 0.313 e. The standard InChI is InChI=1S/C14H16BrF2N/c1-18-14(9-5-7-4-8(7)6-9)12-11(16)3-2-10(15)13(12)17/h2-3,7-9,14,18H,4-6H2,1H3. The third-order valence-electron chi connectivity index (χ3n) is 4.45. The van der Waals surface area contributed by atoms with Gasteiger partial charge in [-0.25, -0.2) is 8.78 Å². The Morgan fingerprint density at radius 3 is 2.50 bits per heavy atom. The maximum Gasteiger partial charge on any atom is 0.145 e. The first-order valence-electron chi connectivity index (χ1n) is 6.42. The van der Waals surface area contributed by atoms with E-state index in [1.165, 1.54) is 18.6 Å². The van der Waals surface area contributed by atoms with Gasteiger partial charge in [0.1, 0.15) is 11.6 Å². The first kappa shape index (κ1) is 12.5. The second-order valence-electron chi connectivity index (χ2n) is 5.51. The van der Waals surface area contributed by atoms with E-state index in [1.54, 1.807) is 7.05 Å². The summed E-state index contributed by atoms with van der Waals surface area (Å²) in [5, 5.41) is 3.11. The van der Waals surface area contributed by atoms with Gasteiger partial charge in [0.05, 0.1) is 4.47 Å². The van der Waals surface area contributed by atoms with Gasteiger partial charge in [0.25, 0.3) is 0 Å². The molecule has 3 unspecified atom stereocenters. The number of hydrogen-bond donors (Lipinski definition) is 1. The monoisotopic (exact) mass is 315 g/mol. The highest BCUT2D eigenvalue weighted by molar-refractivity contribution is 9.10. The van der Waals surface area contributed by atoms with Crippen LogP contribution in [0.4, 0.5) is 8.78 Å². The van der Waals surface area contributed by atoms with E-state index < -0.39 is 11.6 Å². The van der Waals surface area contributed by atoms with Crippen LogP contribution in [-0.2, 0) is 0 Å². The van der Waals surface area contributed by atoms with Crippen LogP contribution in [0.25, 0.3) is 0 Å². The van der Waals surface area contributed by atoms with Crippen molar-refractivity contribution in [1.82, 2.24) is 5.32 Å². The number of hydrogen-bond acceptors (Lipinski definition) is 1. The molecule has 0 amide bonds. The number of fused-ring (bicyclic) bond motifs is 1. The molecule has 2 aliphatic rings. The number of halogens is 3. The molecule has 2 fully saturated rings. The van der Waals surface area contributed by atoms with Gasteiger partial charge >= 0.3 is 0 Å². The molecule has 0 bridgehead atoms. The normalized spacial score (nSPS) is 31.2. The molecule has 1 aromatic rings. The molecular formula is C14H16BrF2N. The van der Waals surface area contributed by atoms with E-state index in [1.807, 2.05) is 0 Å². The molecule has 2 aliphatic carbocycles. The fourth-order valence-corrected chi connectivity index (χ4v) is 3.82. The topological polar surface area (TPSA) is 12.0 Å². The van der Waals surface area contributed by atoms with Crippen LogP contribution < -0.4 is 5.32 Å². The number of nitrogens with one attached hydrogen (secondary N) is 1. The average Bonchev–Trinajstić information content (AvgIpc) is 2.97. The summed E-state index contributed by atoms with van der Waals surface area (Å²) in [4.78, 5) is 0. The maximum absolute atomic E-state index is 14.1. The van der Waals surface area contributed by atoms with Gasteiger partial charge in [0.15, 0.2) is 0 Å². The smallest absolute Gasteiger partial charge is 0.145 e. The Morgan fingerprint density at radius 1 is 1.22 bits per heavy atom. The van der Waals surface area contributed by atoms with Crippen molar-refractivity contribution in [1.29, 1.82) is 0 Å². The molecule has 0 heterocycles. The van der Waals surface area contributed by atoms with Crippen LogP contribution in [0.2, 0.25) is 0 Å². The summed E-state index contributed by atoms with van der Waals surface area (Å²) in [6, 6.07) is 2.55. The fraction of sp³-hybridized carbons (Fsp3) is 0.571. The van der Waals surface area contributed by atoms with Crippen molar-refractivity contribution < 1.29 is 8.78 Å². The van der Waals surface area contributed by atoms with E-state index in [2.05, 4.69) is 21.2 Å². The predicted octanol–water partition coefficient (Wildman–Crippen LogP) is 4.03. The maximum atomic E-state index is 14.1. The van der Waals surface area contributed by atoms with E-state index in [9.17, 15) is 8.78 Å². The van der Waals surface area contributed by atoms with Crippen molar-refractivity contribution in [3.8, 4) is 0 Å². The summed E-state index contributed by atoms with van der Waals surface area (Å²) in [5.41, 5.74) is 0.193. The molecule has 0 spiro atoms. The van der Waals surface area contributed by atoms with Crippen molar-refractivity contribution >= 4 is 15.9 Å². The van der Waals surface area contributed by atoms with Crippen LogP contribution in [0.5, 0.6) is 0 Å². The zero-order valence-corrected chi connectivity index (χ0v) is 11.8. The lowest BCUT2D eigenvalue weighted by molar-refractivity contribution is 0.338. The van der Waals surface area contributed by atoms with E-state index in [-0.39, 0.29) is 11.6 Å². The summed E-state index contributed by atoms with van der Waals surface area (Å²) >= 11 is 3.14. The van der Waals surface area contributed by atoms with Crippen molar-refractivity contribution in [2.24, 2.45) is 17.8 Å². The first-order chi connectivity index (χ1) is 8.61. The van der Waals surface area contributed by atoms with Crippen molar-refractivity contribution in [2.75, 3.05) is 7.05 Å². The lowest BCUT2D eigenvalue weighted by Crippen LogP contribution is -2.26. The van der Waals surface area contributed by atoms with Gasteiger partial charge in [-0.15, -0.1) is 0 Å². The first-order valence-corrected chi connectivity index (χ1v) is 7.21.